The van der Waals surface area contributed by atoms with Crippen molar-refractivity contribution in [1.29, 1.82) is 0 Å². The van der Waals surface area contributed by atoms with Gasteiger partial charge >= 0.3 is 0 Å². The van der Waals surface area contributed by atoms with Gasteiger partial charge in [0.1, 0.15) is 5.95 Å². The summed E-state index contributed by atoms with van der Waals surface area (Å²) in [4.78, 5) is 0. The van der Waals surface area contributed by atoms with Gasteiger partial charge in [-0.1, -0.05) is 32.9 Å². The highest BCUT2D eigenvalue weighted by atomic mass is 16.6. The number of hydrogen-bond acceptors (Lipinski definition) is 4. The van der Waals surface area contributed by atoms with Crippen LogP contribution in [0.3, 0.4) is 0 Å². The molecule has 0 fully saturated rings. The predicted molar refractivity (Wildman–Crippen MR) is 61.2 cm³/mol. The molecule has 0 bridgehead atoms. The predicted octanol–water partition coefficient (Wildman–Crippen LogP) is 1.48. The molecule has 5 nitrogen and oxygen atoms in total. The molecule has 1 aromatic heterocycles. The van der Waals surface area contributed by atoms with Gasteiger partial charge in [0, 0.05) is 12.1 Å². The lowest BCUT2D eigenvalue weighted by Crippen LogP contribution is -2.31. The van der Waals surface area contributed by atoms with Gasteiger partial charge in [0.15, 0.2) is 0 Å². The van der Waals surface area contributed by atoms with Crippen molar-refractivity contribution in [2.45, 2.75) is 26.2 Å². The molecule has 0 spiro atoms. The molecule has 2 rings (SSSR count). The van der Waals surface area contributed by atoms with Gasteiger partial charge in [-0.15, -0.1) is 0 Å². The lowest BCUT2D eigenvalue weighted by atomic mass is 9.87. The van der Waals surface area contributed by atoms with Gasteiger partial charge in [-0.05, 0) is 15.7 Å². The zero-order valence-electron chi connectivity index (χ0n) is 10.3. The van der Waals surface area contributed by atoms with E-state index in [0.29, 0.717) is 0 Å². The normalized spacial score (nSPS) is 11.0. The Morgan fingerprint density at radius 3 is 2.18 bits per heavy atom. The van der Waals surface area contributed by atoms with Crippen molar-refractivity contribution in [2.75, 3.05) is 0 Å². The minimum absolute atomic E-state index is 0. The smallest absolute Gasteiger partial charge is 0.239 e. The van der Waals surface area contributed by atoms with Crippen LogP contribution < -0.4 is 15.9 Å². The highest BCUT2D eigenvalue weighted by molar-refractivity contribution is 5.30. The van der Waals surface area contributed by atoms with Gasteiger partial charge in [0.05, 0.1) is 5.27 Å². The first kappa shape index (κ1) is 13.2. The maximum atomic E-state index is 10.8. The van der Waals surface area contributed by atoms with Crippen molar-refractivity contribution in [3.05, 3.63) is 36.0 Å². The first-order valence-electron chi connectivity index (χ1n) is 5.13. The van der Waals surface area contributed by atoms with Gasteiger partial charge in [0.25, 0.3) is 0 Å². The Balaban J connectivity index is 0.00000144. The van der Waals surface area contributed by atoms with Crippen LogP contribution in [0.5, 0.6) is 5.95 Å². The number of aromatic nitrogens is 2. The Morgan fingerprint density at radius 1 is 1.18 bits per heavy atom. The molecular weight excluding hydrogens is 218 g/mol. The fourth-order valence-corrected chi connectivity index (χ4v) is 1.47. The van der Waals surface area contributed by atoms with Crippen molar-refractivity contribution in [3.8, 4) is 11.6 Å². The second-order valence-electron chi connectivity index (χ2n) is 4.76. The van der Waals surface area contributed by atoms with Crippen LogP contribution in [-0.4, -0.2) is 5.27 Å². The monoisotopic (exact) mass is 235 g/mol. The van der Waals surface area contributed by atoms with Crippen molar-refractivity contribution in [1.82, 2.24) is 11.4 Å². The van der Waals surface area contributed by atoms with Crippen LogP contribution in [0.2, 0.25) is 0 Å². The molecule has 0 saturated heterocycles. The first-order valence-corrected chi connectivity index (χ1v) is 5.13. The number of nitrogens with zero attached hydrogens (tertiary/aromatic N) is 2. The topological polar surface area (TPSA) is 88.0 Å². The van der Waals surface area contributed by atoms with Crippen LogP contribution >= 0.6 is 0 Å². The Labute approximate surface area is 100 Å². The first-order chi connectivity index (χ1) is 7.47. The maximum Gasteiger partial charge on any atom is 0.239 e. The zero-order chi connectivity index (χ0) is 11.8. The molecule has 2 aromatic rings. The third-order valence-electron chi connectivity index (χ3n) is 2.44. The average Bonchev–Trinajstić information content (AvgIpc) is 2.64. The summed E-state index contributed by atoms with van der Waals surface area (Å²) in [6.45, 7) is 6.46. The molecule has 0 radical (unpaired) electrons. The second kappa shape index (κ2) is 4.55. The van der Waals surface area contributed by atoms with E-state index in [9.17, 15) is 5.11 Å². The van der Waals surface area contributed by atoms with Crippen LogP contribution in [-0.2, 0) is 5.41 Å². The molecule has 5 heteroatoms. The Morgan fingerprint density at radius 2 is 1.76 bits per heavy atom. The van der Waals surface area contributed by atoms with Crippen molar-refractivity contribution < 1.29 is 14.3 Å². The molecule has 3 N–H and O–H groups in total. The van der Waals surface area contributed by atoms with E-state index in [0.717, 1.165) is 5.69 Å². The molecule has 1 aromatic carbocycles. The molecule has 0 aliphatic carbocycles. The SMILES string of the molecule is CC(C)(C)c1ccc(-[n+]2cc([O-])on2)cc1.N. The van der Waals surface area contributed by atoms with E-state index in [-0.39, 0.29) is 11.6 Å². The number of benzene rings is 1. The molecule has 1 heterocycles. The molecule has 0 saturated carbocycles. The van der Waals surface area contributed by atoms with Crippen molar-refractivity contribution in [3.63, 3.8) is 0 Å². The van der Waals surface area contributed by atoms with Crippen LogP contribution in [0.1, 0.15) is 26.3 Å². The van der Waals surface area contributed by atoms with E-state index in [2.05, 4.69) is 30.6 Å². The van der Waals surface area contributed by atoms with E-state index in [1.165, 1.54) is 16.4 Å². The summed E-state index contributed by atoms with van der Waals surface area (Å²) in [5, 5.41) is 14.4. The molecule has 0 atom stereocenters. The van der Waals surface area contributed by atoms with E-state index >= 15 is 0 Å². The molecule has 17 heavy (non-hydrogen) atoms. The third-order valence-corrected chi connectivity index (χ3v) is 2.44. The van der Waals surface area contributed by atoms with Crippen LogP contribution in [0.15, 0.2) is 35.0 Å². The number of rotatable bonds is 1. The van der Waals surface area contributed by atoms with E-state index in [1.807, 2.05) is 24.3 Å². The second-order valence-corrected chi connectivity index (χ2v) is 4.76. The molecular formula is C12H17N3O2. The van der Waals surface area contributed by atoms with Crippen LogP contribution in [0, 0.1) is 0 Å². The van der Waals surface area contributed by atoms with Gasteiger partial charge in [-0.2, -0.15) is 0 Å². The molecule has 0 aliphatic heterocycles. The van der Waals surface area contributed by atoms with Crippen LogP contribution in [0.4, 0.5) is 0 Å². The lowest BCUT2D eigenvalue weighted by molar-refractivity contribution is -0.670. The minimum atomic E-state index is -0.445. The van der Waals surface area contributed by atoms with E-state index < -0.39 is 5.95 Å². The van der Waals surface area contributed by atoms with Gasteiger partial charge in [-0.3, -0.25) is 0 Å². The average molecular weight is 235 g/mol. The van der Waals surface area contributed by atoms with Crippen molar-refractivity contribution >= 4 is 0 Å². The lowest BCUT2D eigenvalue weighted by Gasteiger charge is -2.18. The Hall–Kier alpha value is -1.88. The quantitative estimate of drug-likeness (QED) is 0.758. The Kier molecular flexibility index (Phi) is 3.53. The summed E-state index contributed by atoms with van der Waals surface area (Å²) < 4.78 is 5.90. The van der Waals surface area contributed by atoms with Crippen LogP contribution in [0.25, 0.3) is 5.69 Å². The summed E-state index contributed by atoms with van der Waals surface area (Å²) in [6, 6.07) is 7.90. The summed E-state index contributed by atoms with van der Waals surface area (Å²) >= 11 is 0. The maximum absolute atomic E-state index is 10.8. The minimum Gasteiger partial charge on any atom is -0.539 e. The molecule has 0 aliphatic rings. The molecule has 92 valence electrons. The summed E-state index contributed by atoms with van der Waals surface area (Å²) in [5.74, 6) is -0.445. The van der Waals surface area contributed by atoms with E-state index in [4.69, 9.17) is 0 Å². The summed E-state index contributed by atoms with van der Waals surface area (Å²) in [7, 11) is 0. The standard InChI is InChI=1S/C12H14N2O2.H3N/c1-12(2,3)9-4-6-10(7-5-9)14-8-11(15)16-13-14;/h4-8H,1-3H3;1H3. The largest absolute Gasteiger partial charge is 0.539 e. The fraction of sp³-hybridized carbons (Fsp3) is 0.333. The summed E-state index contributed by atoms with van der Waals surface area (Å²) in [6.07, 6.45) is 1.31. The highest BCUT2D eigenvalue weighted by Crippen LogP contribution is 2.22. The number of hydrogen-bond donors (Lipinski definition) is 1. The van der Waals surface area contributed by atoms with Gasteiger partial charge in [0.2, 0.25) is 11.9 Å². The highest BCUT2D eigenvalue weighted by Gasteiger charge is 2.15. The molecule has 0 amide bonds. The Bertz CT molecular complexity index is 483. The fourth-order valence-electron chi connectivity index (χ4n) is 1.47. The molecule has 0 unspecified atom stereocenters. The third kappa shape index (κ3) is 2.82. The van der Waals surface area contributed by atoms with E-state index in [1.54, 1.807) is 0 Å². The van der Waals surface area contributed by atoms with Gasteiger partial charge < -0.3 is 15.8 Å². The summed E-state index contributed by atoms with van der Waals surface area (Å²) in [5.41, 5.74) is 2.18. The van der Waals surface area contributed by atoms with Crippen molar-refractivity contribution in [2.24, 2.45) is 0 Å². The van der Waals surface area contributed by atoms with Gasteiger partial charge in [-0.25, -0.2) is 0 Å². The zero-order valence-corrected chi connectivity index (χ0v) is 10.3.